The summed E-state index contributed by atoms with van der Waals surface area (Å²) in [7, 11) is 0. The maximum absolute atomic E-state index is 5.95. The van der Waals surface area contributed by atoms with Crippen molar-refractivity contribution in [1.82, 2.24) is 5.32 Å². The summed E-state index contributed by atoms with van der Waals surface area (Å²) < 4.78 is 0. The Morgan fingerprint density at radius 2 is 2.38 bits per heavy atom. The Morgan fingerprint density at radius 1 is 1.50 bits per heavy atom. The van der Waals surface area contributed by atoms with Crippen molar-refractivity contribution in [1.29, 1.82) is 0 Å². The van der Waals surface area contributed by atoms with Crippen molar-refractivity contribution in [3.8, 4) is 0 Å². The highest BCUT2D eigenvalue weighted by atomic mass is 35.5. The summed E-state index contributed by atoms with van der Waals surface area (Å²) in [6.07, 6.45) is 2.26. The standard InChI is InChI=1S/C13H18ClNS/c1-2-15-12(9-14)8-10-3-4-13-11(7-10)5-6-16-13/h3-4,7,12,15H,2,5-6,8-9H2,1H3. The van der Waals surface area contributed by atoms with Gasteiger partial charge in [-0.05, 0) is 36.6 Å². The van der Waals surface area contributed by atoms with Crippen LogP contribution in [-0.2, 0) is 12.8 Å². The van der Waals surface area contributed by atoms with Crippen LogP contribution in [0, 0.1) is 0 Å². The zero-order chi connectivity index (χ0) is 11.4. The van der Waals surface area contributed by atoms with Crippen LogP contribution < -0.4 is 5.32 Å². The molecule has 1 aliphatic rings. The topological polar surface area (TPSA) is 12.0 Å². The largest absolute Gasteiger partial charge is 0.313 e. The fourth-order valence-corrected chi connectivity index (χ4v) is 3.39. The maximum Gasteiger partial charge on any atom is 0.0380 e. The first-order valence-corrected chi connectivity index (χ1v) is 7.39. The lowest BCUT2D eigenvalue weighted by Crippen LogP contribution is -2.32. The molecule has 1 unspecified atom stereocenters. The monoisotopic (exact) mass is 255 g/mol. The second-order valence-electron chi connectivity index (χ2n) is 4.15. The van der Waals surface area contributed by atoms with E-state index in [1.165, 1.54) is 28.2 Å². The SMILES string of the molecule is CCNC(CCl)Cc1ccc2c(c1)CCS2. The highest BCUT2D eigenvalue weighted by molar-refractivity contribution is 7.99. The van der Waals surface area contributed by atoms with Crippen molar-refractivity contribution in [3.63, 3.8) is 0 Å². The summed E-state index contributed by atoms with van der Waals surface area (Å²) >= 11 is 7.92. The minimum Gasteiger partial charge on any atom is -0.313 e. The predicted molar refractivity (Wildman–Crippen MR) is 72.8 cm³/mol. The summed E-state index contributed by atoms with van der Waals surface area (Å²) in [6, 6.07) is 7.26. The van der Waals surface area contributed by atoms with Crippen molar-refractivity contribution >= 4 is 23.4 Å². The van der Waals surface area contributed by atoms with Crippen molar-refractivity contribution in [2.24, 2.45) is 0 Å². The van der Waals surface area contributed by atoms with Gasteiger partial charge in [-0.25, -0.2) is 0 Å². The first-order chi connectivity index (χ1) is 7.83. The van der Waals surface area contributed by atoms with E-state index >= 15 is 0 Å². The minimum absolute atomic E-state index is 0.402. The molecule has 0 amide bonds. The van der Waals surface area contributed by atoms with Crippen LogP contribution in [0.5, 0.6) is 0 Å². The van der Waals surface area contributed by atoms with Gasteiger partial charge in [0.1, 0.15) is 0 Å². The van der Waals surface area contributed by atoms with Crippen molar-refractivity contribution in [3.05, 3.63) is 29.3 Å². The van der Waals surface area contributed by atoms with Gasteiger partial charge in [0.15, 0.2) is 0 Å². The molecule has 1 aliphatic heterocycles. The van der Waals surface area contributed by atoms with E-state index < -0.39 is 0 Å². The normalized spacial score (nSPS) is 16.1. The molecular formula is C13H18ClNS. The number of likely N-dealkylation sites (N-methyl/N-ethyl adjacent to an activating group) is 1. The van der Waals surface area contributed by atoms with Crippen LogP contribution in [-0.4, -0.2) is 24.2 Å². The molecule has 1 heterocycles. The van der Waals surface area contributed by atoms with E-state index in [1.807, 2.05) is 11.8 Å². The highest BCUT2D eigenvalue weighted by Gasteiger charge is 2.13. The van der Waals surface area contributed by atoms with Gasteiger partial charge in [0.25, 0.3) is 0 Å². The molecule has 2 rings (SSSR count). The average Bonchev–Trinajstić information content (AvgIpc) is 2.75. The van der Waals surface area contributed by atoms with E-state index in [4.69, 9.17) is 11.6 Å². The van der Waals surface area contributed by atoms with Crippen LogP contribution in [0.4, 0.5) is 0 Å². The van der Waals surface area contributed by atoms with Gasteiger partial charge in [-0.1, -0.05) is 19.1 Å². The zero-order valence-corrected chi connectivity index (χ0v) is 11.2. The second-order valence-corrected chi connectivity index (χ2v) is 5.60. The molecule has 1 aromatic carbocycles. The molecule has 0 saturated heterocycles. The third-order valence-corrected chi connectivity index (χ3v) is 4.41. The molecule has 1 aromatic rings. The van der Waals surface area contributed by atoms with Gasteiger partial charge in [0.2, 0.25) is 0 Å². The van der Waals surface area contributed by atoms with Crippen LogP contribution in [0.2, 0.25) is 0 Å². The molecule has 0 aliphatic carbocycles. The summed E-state index contributed by atoms with van der Waals surface area (Å²) in [5.74, 6) is 1.92. The van der Waals surface area contributed by atoms with E-state index in [2.05, 4.69) is 30.4 Å². The second kappa shape index (κ2) is 5.95. The maximum atomic E-state index is 5.95. The molecule has 0 radical (unpaired) electrons. The third-order valence-electron chi connectivity index (χ3n) is 2.92. The Labute approximate surface area is 107 Å². The molecule has 16 heavy (non-hydrogen) atoms. The van der Waals surface area contributed by atoms with Gasteiger partial charge in [0, 0.05) is 22.6 Å². The van der Waals surface area contributed by atoms with Crippen LogP contribution in [0.25, 0.3) is 0 Å². The quantitative estimate of drug-likeness (QED) is 0.812. The predicted octanol–water partition coefficient (Wildman–Crippen LogP) is 3.09. The molecule has 3 heteroatoms. The number of thioether (sulfide) groups is 1. The molecule has 0 aromatic heterocycles. The number of rotatable bonds is 5. The smallest absolute Gasteiger partial charge is 0.0380 e. The van der Waals surface area contributed by atoms with Gasteiger partial charge in [-0.2, -0.15) is 0 Å². The van der Waals surface area contributed by atoms with Crippen molar-refractivity contribution in [2.75, 3.05) is 18.2 Å². The molecule has 88 valence electrons. The van der Waals surface area contributed by atoms with Crippen molar-refractivity contribution < 1.29 is 0 Å². The molecule has 0 bridgehead atoms. The van der Waals surface area contributed by atoms with Gasteiger partial charge in [-0.3, -0.25) is 0 Å². The average molecular weight is 256 g/mol. The Morgan fingerprint density at radius 3 is 3.12 bits per heavy atom. The first-order valence-electron chi connectivity index (χ1n) is 5.87. The molecule has 1 atom stereocenters. The number of aryl methyl sites for hydroxylation is 1. The number of fused-ring (bicyclic) bond motifs is 1. The summed E-state index contributed by atoms with van der Waals surface area (Å²) in [6.45, 7) is 3.11. The zero-order valence-electron chi connectivity index (χ0n) is 9.63. The fraction of sp³-hybridized carbons (Fsp3) is 0.538. The summed E-state index contributed by atoms with van der Waals surface area (Å²) in [4.78, 5) is 1.47. The van der Waals surface area contributed by atoms with Gasteiger partial charge >= 0.3 is 0 Å². The summed E-state index contributed by atoms with van der Waals surface area (Å²) in [5.41, 5.74) is 2.93. The minimum atomic E-state index is 0.402. The summed E-state index contributed by atoms with van der Waals surface area (Å²) in [5, 5.41) is 3.41. The number of nitrogens with one attached hydrogen (secondary N) is 1. The van der Waals surface area contributed by atoms with Crippen LogP contribution in [0.15, 0.2) is 23.1 Å². The van der Waals surface area contributed by atoms with Crippen molar-refractivity contribution in [2.45, 2.75) is 30.7 Å². The van der Waals surface area contributed by atoms with Gasteiger partial charge < -0.3 is 5.32 Å². The van der Waals surface area contributed by atoms with Gasteiger partial charge in [0.05, 0.1) is 0 Å². The molecule has 0 spiro atoms. The van der Waals surface area contributed by atoms with Gasteiger partial charge in [-0.15, -0.1) is 23.4 Å². The molecule has 0 fully saturated rings. The molecule has 1 N–H and O–H groups in total. The van der Waals surface area contributed by atoms with Crippen LogP contribution in [0.3, 0.4) is 0 Å². The van der Waals surface area contributed by atoms with Crippen LogP contribution in [0.1, 0.15) is 18.1 Å². The molecule has 0 saturated carbocycles. The number of hydrogen-bond acceptors (Lipinski definition) is 2. The Hall–Kier alpha value is -0.180. The Balaban J connectivity index is 2.04. The Bertz CT molecular complexity index is 354. The van der Waals surface area contributed by atoms with E-state index in [9.17, 15) is 0 Å². The van der Waals surface area contributed by atoms with E-state index in [0.29, 0.717) is 11.9 Å². The molecular weight excluding hydrogens is 238 g/mol. The van der Waals surface area contributed by atoms with E-state index in [-0.39, 0.29) is 0 Å². The van der Waals surface area contributed by atoms with Crippen LogP contribution >= 0.6 is 23.4 Å². The van der Waals surface area contributed by atoms with E-state index in [0.717, 1.165) is 13.0 Å². The Kier molecular flexibility index (Phi) is 4.56. The lowest BCUT2D eigenvalue weighted by molar-refractivity contribution is 0.570. The lowest BCUT2D eigenvalue weighted by atomic mass is 10.0. The third kappa shape index (κ3) is 2.93. The van der Waals surface area contributed by atoms with E-state index in [1.54, 1.807) is 0 Å². The number of benzene rings is 1. The lowest BCUT2D eigenvalue weighted by Gasteiger charge is -2.15. The number of hydrogen-bond donors (Lipinski definition) is 1. The fourth-order valence-electron chi connectivity index (χ4n) is 2.12. The number of alkyl halides is 1. The number of halogens is 1. The molecule has 1 nitrogen and oxygen atoms in total. The first kappa shape index (κ1) is 12.3. The highest BCUT2D eigenvalue weighted by Crippen LogP contribution is 2.31.